The van der Waals surface area contributed by atoms with Crippen LogP contribution in [0.4, 0.5) is 4.39 Å². The second kappa shape index (κ2) is 9.14. The number of methoxy groups -OCH3 is 1. The molecule has 0 spiro atoms. The van der Waals surface area contributed by atoms with Crippen LogP contribution in [-0.2, 0) is 6.54 Å². The Balaban J connectivity index is 1.59. The lowest BCUT2D eigenvalue weighted by atomic mass is 10.1. The van der Waals surface area contributed by atoms with Crippen molar-refractivity contribution >= 4 is 17.2 Å². The van der Waals surface area contributed by atoms with Gasteiger partial charge in [-0.05, 0) is 41.6 Å². The van der Waals surface area contributed by atoms with E-state index in [4.69, 9.17) is 4.74 Å². The van der Waals surface area contributed by atoms with Crippen molar-refractivity contribution in [3.63, 3.8) is 0 Å². The van der Waals surface area contributed by atoms with E-state index in [1.165, 1.54) is 24.5 Å². The van der Waals surface area contributed by atoms with E-state index in [9.17, 15) is 9.18 Å². The molecule has 0 aliphatic carbocycles. The van der Waals surface area contributed by atoms with Crippen LogP contribution in [-0.4, -0.2) is 22.8 Å². The van der Waals surface area contributed by atoms with Crippen LogP contribution in [0.1, 0.15) is 34.5 Å². The first-order chi connectivity index (χ1) is 15.0. The van der Waals surface area contributed by atoms with E-state index in [1.807, 2.05) is 54.8 Å². The third kappa shape index (κ3) is 4.67. The minimum atomic E-state index is -0.462. The van der Waals surface area contributed by atoms with Crippen molar-refractivity contribution in [1.82, 2.24) is 15.1 Å². The maximum absolute atomic E-state index is 14.1. The topological polar surface area (TPSA) is 56.1 Å². The predicted molar refractivity (Wildman–Crippen MR) is 120 cm³/mol. The zero-order chi connectivity index (χ0) is 21.8. The molecule has 0 unspecified atom stereocenters. The highest BCUT2D eigenvalue weighted by molar-refractivity contribution is 7.13. The number of thiophene rings is 1. The van der Waals surface area contributed by atoms with Crippen LogP contribution >= 0.6 is 11.3 Å². The van der Waals surface area contributed by atoms with Gasteiger partial charge in [-0.1, -0.05) is 42.5 Å². The third-order valence-electron chi connectivity index (χ3n) is 4.97. The number of rotatable bonds is 7. The minimum absolute atomic E-state index is 0.171. The van der Waals surface area contributed by atoms with Gasteiger partial charge in [-0.15, -0.1) is 11.3 Å². The maximum atomic E-state index is 14.1. The van der Waals surface area contributed by atoms with Gasteiger partial charge in [-0.25, -0.2) is 4.39 Å². The molecule has 1 N–H and O–H groups in total. The van der Waals surface area contributed by atoms with Crippen LogP contribution in [0.5, 0.6) is 5.75 Å². The average Bonchev–Trinajstić information content (AvgIpc) is 3.44. The van der Waals surface area contributed by atoms with Crippen LogP contribution in [0.15, 0.2) is 72.2 Å². The first kappa shape index (κ1) is 20.8. The van der Waals surface area contributed by atoms with Gasteiger partial charge in [0.25, 0.3) is 5.91 Å². The molecule has 0 radical (unpaired) electrons. The quantitative estimate of drug-likeness (QED) is 0.429. The smallest absolute Gasteiger partial charge is 0.255 e. The first-order valence-electron chi connectivity index (χ1n) is 9.84. The Hall–Kier alpha value is -3.45. The lowest BCUT2D eigenvalue weighted by molar-refractivity contribution is 0.0940. The summed E-state index contributed by atoms with van der Waals surface area (Å²) in [4.78, 5) is 14.1. The van der Waals surface area contributed by atoms with E-state index in [0.29, 0.717) is 23.4 Å². The van der Waals surface area contributed by atoms with E-state index in [0.717, 1.165) is 10.4 Å². The van der Waals surface area contributed by atoms with Crippen molar-refractivity contribution in [2.75, 3.05) is 7.11 Å². The van der Waals surface area contributed by atoms with Crippen molar-refractivity contribution in [3.8, 4) is 16.3 Å². The molecule has 2 aromatic heterocycles. The summed E-state index contributed by atoms with van der Waals surface area (Å²) in [7, 11) is 1.42. The summed E-state index contributed by atoms with van der Waals surface area (Å²) in [6, 6.07) is 18.1. The number of carbonyl (C=O) groups is 1. The molecule has 31 heavy (non-hydrogen) atoms. The maximum Gasteiger partial charge on any atom is 0.255 e. The van der Waals surface area contributed by atoms with E-state index < -0.39 is 5.82 Å². The molecule has 4 rings (SSSR count). The number of benzene rings is 2. The average molecular weight is 436 g/mol. The van der Waals surface area contributed by atoms with Gasteiger partial charge >= 0.3 is 0 Å². The van der Waals surface area contributed by atoms with E-state index >= 15 is 0 Å². The Morgan fingerprint density at radius 3 is 2.68 bits per heavy atom. The van der Waals surface area contributed by atoms with Gasteiger partial charge in [0.2, 0.25) is 0 Å². The van der Waals surface area contributed by atoms with E-state index in [1.54, 1.807) is 23.0 Å². The number of ether oxygens (including phenoxy) is 1. The molecule has 0 bridgehead atoms. The molecule has 158 valence electrons. The second-order valence-corrected chi connectivity index (χ2v) is 8.09. The van der Waals surface area contributed by atoms with Crippen LogP contribution in [0.3, 0.4) is 0 Å². The third-order valence-corrected chi connectivity index (χ3v) is 5.85. The van der Waals surface area contributed by atoms with Crippen LogP contribution in [0.25, 0.3) is 10.6 Å². The molecule has 0 fully saturated rings. The number of nitrogens with zero attached hydrogens (tertiary/aromatic N) is 2. The van der Waals surface area contributed by atoms with Crippen molar-refractivity contribution in [2.24, 2.45) is 0 Å². The molecular weight excluding hydrogens is 413 g/mol. The molecule has 4 aromatic rings. The largest absolute Gasteiger partial charge is 0.494 e. The zero-order valence-corrected chi connectivity index (χ0v) is 18.0. The SMILES string of the molecule is COc1ccc([C@@H](C)NC(=O)c2cn(Cc3ccccc3)nc2-c2cccs2)cc1F. The standard InChI is InChI=1S/C24H22FN3O2S/c1-16(18-10-11-21(30-2)20(25)13-18)26-24(29)19-15-28(14-17-7-4-3-5-8-17)27-23(19)22-9-6-12-31-22/h3-13,15-16H,14H2,1-2H3,(H,26,29)/t16-/m1/s1. The molecular formula is C24H22FN3O2S. The molecule has 7 heteroatoms. The first-order valence-corrected chi connectivity index (χ1v) is 10.7. The Bertz CT molecular complexity index is 1170. The summed E-state index contributed by atoms with van der Waals surface area (Å²) in [6.45, 7) is 2.38. The summed E-state index contributed by atoms with van der Waals surface area (Å²) in [5.41, 5.74) is 2.87. The Labute approximate surface area is 184 Å². The van der Waals surface area contributed by atoms with E-state index in [-0.39, 0.29) is 17.7 Å². The highest BCUT2D eigenvalue weighted by Gasteiger charge is 2.21. The van der Waals surface area contributed by atoms with Gasteiger partial charge in [0.05, 0.1) is 30.1 Å². The van der Waals surface area contributed by atoms with Gasteiger partial charge < -0.3 is 10.1 Å². The molecule has 1 atom stereocenters. The number of amides is 1. The Morgan fingerprint density at radius 1 is 1.19 bits per heavy atom. The van der Waals surface area contributed by atoms with Crippen LogP contribution < -0.4 is 10.1 Å². The molecule has 0 saturated heterocycles. The normalized spacial score (nSPS) is 11.8. The van der Waals surface area contributed by atoms with Gasteiger partial charge in [0, 0.05) is 6.20 Å². The number of nitrogens with one attached hydrogen (secondary N) is 1. The summed E-state index contributed by atoms with van der Waals surface area (Å²) in [5.74, 6) is -0.549. The van der Waals surface area contributed by atoms with Crippen LogP contribution in [0, 0.1) is 5.82 Å². The summed E-state index contributed by atoms with van der Waals surface area (Å²) >= 11 is 1.53. The fraction of sp³-hybridized carbons (Fsp3) is 0.167. The van der Waals surface area contributed by atoms with E-state index in [2.05, 4.69) is 10.4 Å². The monoisotopic (exact) mass is 435 g/mol. The fourth-order valence-electron chi connectivity index (χ4n) is 3.34. The molecule has 5 nitrogen and oxygen atoms in total. The molecule has 0 aliphatic heterocycles. The van der Waals surface area contributed by atoms with Crippen molar-refractivity contribution in [1.29, 1.82) is 0 Å². The van der Waals surface area contributed by atoms with Gasteiger partial charge in [-0.2, -0.15) is 5.10 Å². The Morgan fingerprint density at radius 2 is 2.00 bits per heavy atom. The van der Waals surface area contributed by atoms with Gasteiger partial charge in [0.1, 0.15) is 5.69 Å². The molecule has 0 saturated carbocycles. The number of hydrogen-bond acceptors (Lipinski definition) is 4. The van der Waals surface area contributed by atoms with Gasteiger partial charge in [-0.3, -0.25) is 9.48 Å². The molecule has 1 amide bonds. The van der Waals surface area contributed by atoms with Crippen molar-refractivity contribution in [3.05, 3.63) is 94.7 Å². The molecule has 2 aromatic carbocycles. The summed E-state index contributed by atoms with van der Waals surface area (Å²) < 4.78 is 20.8. The Kier molecular flexibility index (Phi) is 6.13. The highest BCUT2D eigenvalue weighted by atomic mass is 32.1. The van der Waals surface area contributed by atoms with Crippen LogP contribution in [0.2, 0.25) is 0 Å². The second-order valence-electron chi connectivity index (χ2n) is 7.14. The predicted octanol–water partition coefficient (Wildman–Crippen LogP) is 5.30. The molecule has 2 heterocycles. The fourth-order valence-corrected chi connectivity index (χ4v) is 4.07. The lowest BCUT2D eigenvalue weighted by Gasteiger charge is -2.15. The number of hydrogen-bond donors (Lipinski definition) is 1. The highest BCUT2D eigenvalue weighted by Crippen LogP contribution is 2.28. The zero-order valence-electron chi connectivity index (χ0n) is 17.2. The number of carbonyl (C=O) groups excluding carboxylic acids is 1. The number of halogens is 1. The summed E-state index contributed by atoms with van der Waals surface area (Å²) in [6.07, 6.45) is 1.76. The number of aromatic nitrogens is 2. The lowest BCUT2D eigenvalue weighted by Crippen LogP contribution is -2.26. The molecule has 0 aliphatic rings. The van der Waals surface area contributed by atoms with Gasteiger partial charge in [0.15, 0.2) is 11.6 Å². The summed E-state index contributed by atoms with van der Waals surface area (Å²) in [5, 5.41) is 9.59. The van der Waals surface area contributed by atoms with Crippen molar-refractivity contribution < 1.29 is 13.9 Å². The minimum Gasteiger partial charge on any atom is -0.494 e. The van der Waals surface area contributed by atoms with Crippen molar-refractivity contribution in [2.45, 2.75) is 19.5 Å².